The lowest BCUT2D eigenvalue weighted by molar-refractivity contribution is -0.161. The van der Waals surface area contributed by atoms with Gasteiger partial charge in [-0.1, -0.05) is 167 Å². The lowest BCUT2D eigenvalue weighted by Gasteiger charge is -2.15. The number of aliphatic hydroxyl groups is 1. The number of unbranched alkanes of at least 4 members (excludes halogenated alkanes) is 23. The highest BCUT2D eigenvalue weighted by Gasteiger charge is 2.16. The molecular formula is C40H74O5. The van der Waals surface area contributed by atoms with Crippen LogP contribution >= 0.6 is 0 Å². The van der Waals surface area contributed by atoms with Crippen LogP contribution in [0.5, 0.6) is 0 Å². The molecule has 0 aromatic carbocycles. The topological polar surface area (TPSA) is 72.8 Å². The first-order valence-corrected chi connectivity index (χ1v) is 19.4. The van der Waals surface area contributed by atoms with Crippen LogP contribution < -0.4 is 0 Å². The molecule has 0 heterocycles. The SMILES string of the molecule is CCCCCC/C=C\C/C=C\CCCCCCCC(=O)OC(CO)COC(=O)CCCCCCCCCCCCCCCCC. The molecule has 0 radical (unpaired) electrons. The highest BCUT2D eigenvalue weighted by Crippen LogP contribution is 2.14. The first kappa shape index (κ1) is 43.4. The summed E-state index contributed by atoms with van der Waals surface area (Å²) >= 11 is 0. The average Bonchev–Trinajstić information content (AvgIpc) is 3.04. The first-order valence-electron chi connectivity index (χ1n) is 19.4. The molecule has 0 aliphatic rings. The van der Waals surface area contributed by atoms with Gasteiger partial charge in [-0.15, -0.1) is 0 Å². The third-order valence-electron chi connectivity index (χ3n) is 8.50. The molecule has 0 aromatic heterocycles. The van der Waals surface area contributed by atoms with Gasteiger partial charge in [-0.05, 0) is 44.9 Å². The minimum absolute atomic E-state index is 0.0674. The lowest BCUT2D eigenvalue weighted by atomic mass is 10.0. The summed E-state index contributed by atoms with van der Waals surface area (Å²) in [5.41, 5.74) is 0. The van der Waals surface area contributed by atoms with E-state index in [2.05, 4.69) is 38.2 Å². The van der Waals surface area contributed by atoms with E-state index in [1.54, 1.807) is 0 Å². The number of hydrogen-bond acceptors (Lipinski definition) is 5. The Morgan fingerprint density at radius 1 is 0.511 bits per heavy atom. The molecule has 264 valence electrons. The Hall–Kier alpha value is -1.62. The Balaban J connectivity index is 3.56. The molecule has 0 aromatic rings. The van der Waals surface area contributed by atoms with Crippen molar-refractivity contribution in [1.29, 1.82) is 0 Å². The molecule has 0 saturated heterocycles. The van der Waals surface area contributed by atoms with Crippen molar-refractivity contribution < 1.29 is 24.2 Å². The van der Waals surface area contributed by atoms with Crippen LogP contribution in [0.3, 0.4) is 0 Å². The summed E-state index contributed by atoms with van der Waals surface area (Å²) in [6.45, 7) is 4.12. The summed E-state index contributed by atoms with van der Waals surface area (Å²) in [6.07, 6.45) is 42.3. The third-order valence-corrected chi connectivity index (χ3v) is 8.50. The summed E-state index contributed by atoms with van der Waals surface area (Å²) < 4.78 is 10.6. The first-order chi connectivity index (χ1) is 22.1. The number of ether oxygens (including phenoxy) is 2. The monoisotopic (exact) mass is 635 g/mol. The van der Waals surface area contributed by atoms with Gasteiger partial charge in [-0.3, -0.25) is 9.59 Å². The van der Waals surface area contributed by atoms with Gasteiger partial charge in [0.15, 0.2) is 6.10 Å². The molecule has 45 heavy (non-hydrogen) atoms. The maximum atomic E-state index is 12.1. The number of rotatable bonds is 35. The van der Waals surface area contributed by atoms with Crippen LogP contribution in [0.1, 0.15) is 200 Å². The summed E-state index contributed by atoms with van der Waals surface area (Å²) in [4.78, 5) is 24.2. The second kappa shape index (κ2) is 36.8. The van der Waals surface area contributed by atoms with E-state index in [9.17, 15) is 14.7 Å². The molecule has 1 N–H and O–H groups in total. The predicted molar refractivity (Wildman–Crippen MR) is 191 cm³/mol. The fourth-order valence-corrected chi connectivity index (χ4v) is 5.53. The van der Waals surface area contributed by atoms with Gasteiger partial charge in [-0.25, -0.2) is 0 Å². The zero-order chi connectivity index (χ0) is 32.9. The largest absolute Gasteiger partial charge is 0.462 e. The van der Waals surface area contributed by atoms with Gasteiger partial charge in [0, 0.05) is 12.8 Å². The fraction of sp³-hybridized carbons (Fsp3) is 0.850. The Kier molecular flexibility index (Phi) is 35.5. The Morgan fingerprint density at radius 2 is 0.889 bits per heavy atom. The van der Waals surface area contributed by atoms with Crippen LogP contribution in [-0.4, -0.2) is 36.4 Å². The van der Waals surface area contributed by atoms with Crippen LogP contribution in [0.4, 0.5) is 0 Å². The Bertz CT molecular complexity index is 686. The fourth-order valence-electron chi connectivity index (χ4n) is 5.53. The van der Waals surface area contributed by atoms with Crippen LogP contribution in [0.2, 0.25) is 0 Å². The van der Waals surface area contributed by atoms with E-state index >= 15 is 0 Å². The number of carbonyl (C=O) groups is 2. The van der Waals surface area contributed by atoms with Gasteiger partial charge in [0.1, 0.15) is 6.61 Å². The Morgan fingerprint density at radius 3 is 1.33 bits per heavy atom. The highest BCUT2D eigenvalue weighted by atomic mass is 16.6. The molecule has 5 heteroatoms. The van der Waals surface area contributed by atoms with Crippen molar-refractivity contribution in [2.24, 2.45) is 0 Å². The summed E-state index contributed by atoms with van der Waals surface area (Å²) in [5.74, 6) is -0.600. The van der Waals surface area contributed by atoms with Gasteiger partial charge in [-0.2, -0.15) is 0 Å². The normalized spacial score (nSPS) is 12.3. The number of aliphatic hydroxyl groups excluding tert-OH is 1. The second-order valence-corrected chi connectivity index (χ2v) is 13.0. The van der Waals surface area contributed by atoms with Gasteiger partial charge in [0.05, 0.1) is 6.61 Å². The zero-order valence-corrected chi connectivity index (χ0v) is 29.9. The predicted octanol–water partition coefficient (Wildman–Crippen LogP) is 11.9. The van der Waals surface area contributed by atoms with E-state index < -0.39 is 6.10 Å². The average molecular weight is 635 g/mol. The van der Waals surface area contributed by atoms with Crippen molar-refractivity contribution in [3.63, 3.8) is 0 Å². The molecule has 0 rings (SSSR count). The Labute approximate surface area is 279 Å². The highest BCUT2D eigenvalue weighted by molar-refractivity contribution is 5.70. The van der Waals surface area contributed by atoms with E-state index in [-0.39, 0.29) is 25.2 Å². The van der Waals surface area contributed by atoms with Crippen molar-refractivity contribution >= 4 is 11.9 Å². The maximum absolute atomic E-state index is 12.1. The van der Waals surface area contributed by atoms with Crippen molar-refractivity contribution in [3.8, 4) is 0 Å². The van der Waals surface area contributed by atoms with Gasteiger partial charge >= 0.3 is 11.9 Å². The molecule has 0 bridgehead atoms. The zero-order valence-electron chi connectivity index (χ0n) is 29.9. The number of carbonyl (C=O) groups excluding carboxylic acids is 2. The van der Waals surface area contributed by atoms with Crippen LogP contribution in [0.15, 0.2) is 24.3 Å². The standard InChI is InChI=1S/C40H74O5/c1-3-5-7-9-11-13-15-17-19-21-23-25-27-29-31-33-35-40(43)45-38(36-41)37-44-39(42)34-32-30-28-26-24-22-20-18-16-14-12-10-8-6-4-2/h13,15,19,21,38,41H,3-12,14,16-18,20,22-37H2,1-2H3/b15-13-,21-19-. The van der Waals surface area contributed by atoms with Crippen LogP contribution in [-0.2, 0) is 19.1 Å². The summed E-state index contributed by atoms with van der Waals surface area (Å²) in [6, 6.07) is 0. The van der Waals surface area contributed by atoms with Gasteiger partial charge < -0.3 is 14.6 Å². The molecule has 1 atom stereocenters. The lowest BCUT2D eigenvalue weighted by Crippen LogP contribution is -2.28. The number of hydrogen-bond donors (Lipinski definition) is 1. The second-order valence-electron chi connectivity index (χ2n) is 13.0. The van der Waals surface area contributed by atoms with E-state index in [1.165, 1.54) is 122 Å². The smallest absolute Gasteiger partial charge is 0.306 e. The maximum Gasteiger partial charge on any atom is 0.306 e. The van der Waals surface area contributed by atoms with Crippen molar-refractivity contribution in [2.45, 2.75) is 206 Å². The quantitative estimate of drug-likeness (QED) is 0.0426. The molecule has 0 aliphatic heterocycles. The van der Waals surface area contributed by atoms with Crippen LogP contribution in [0, 0.1) is 0 Å². The van der Waals surface area contributed by atoms with Gasteiger partial charge in [0.25, 0.3) is 0 Å². The molecular weight excluding hydrogens is 560 g/mol. The van der Waals surface area contributed by atoms with E-state index in [4.69, 9.17) is 9.47 Å². The van der Waals surface area contributed by atoms with Crippen molar-refractivity contribution in [3.05, 3.63) is 24.3 Å². The van der Waals surface area contributed by atoms with Crippen molar-refractivity contribution in [2.75, 3.05) is 13.2 Å². The summed E-state index contributed by atoms with van der Waals surface area (Å²) in [5, 5.41) is 9.54. The minimum atomic E-state index is -0.773. The van der Waals surface area contributed by atoms with E-state index in [0.29, 0.717) is 12.8 Å². The molecule has 1 unspecified atom stereocenters. The summed E-state index contributed by atoms with van der Waals surface area (Å²) in [7, 11) is 0. The molecule has 0 saturated carbocycles. The number of esters is 2. The molecule has 0 fully saturated rings. The molecule has 0 amide bonds. The minimum Gasteiger partial charge on any atom is -0.462 e. The molecule has 5 nitrogen and oxygen atoms in total. The van der Waals surface area contributed by atoms with Crippen LogP contribution in [0.25, 0.3) is 0 Å². The van der Waals surface area contributed by atoms with E-state index in [1.807, 2.05) is 0 Å². The van der Waals surface area contributed by atoms with E-state index in [0.717, 1.165) is 51.4 Å². The van der Waals surface area contributed by atoms with Gasteiger partial charge in [0.2, 0.25) is 0 Å². The van der Waals surface area contributed by atoms with Crippen molar-refractivity contribution in [1.82, 2.24) is 0 Å². The third kappa shape index (κ3) is 35.1. The number of allylic oxidation sites excluding steroid dienone is 4. The molecule has 0 spiro atoms. The molecule has 0 aliphatic carbocycles.